The Bertz CT molecular complexity index is 154. The second kappa shape index (κ2) is 3.72. The Morgan fingerprint density at radius 2 is 2.55 bits per heavy atom. The quantitative estimate of drug-likeness (QED) is 0.660. The third-order valence-corrected chi connectivity index (χ3v) is 1.73. The summed E-state index contributed by atoms with van der Waals surface area (Å²) in [6.45, 7) is 4.89. The van der Waals surface area contributed by atoms with Crippen molar-refractivity contribution < 1.29 is 4.74 Å². The normalized spacial score (nSPS) is 26.1. The molecular formula is C8H16N2O. The number of ether oxygens (including phenoxy) is 1. The minimum Gasteiger partial charge on any atom is -0.476 e. The predicted octanol–water partition coefficient (Wildman–Crippen LogP) is 0.931. The highest BCUT2D eigenvalue weighted by Crippen LogP contribution is 2.10. The Morgan fingerprint density at radius 3 is 3.00 bits per heavy atom. The second-order valence-corrected chi connectivity index (χ2v) is 3.06. The molecule has 0 spiro atoms. The lowest BCUT2D eigenvalue weighted by Crippen LogP contribution is -2.21. The fraction of sp³-hybridized carbons (Fsp3) is 0.875. The fourth-order valence-corrected chi connectivity index (χ4v) is 1.07. The molecule has 1 aliphatic rings. The number of rotatable bonds is 3. The maximum absolute atomic E-state index is 5.60. The molecule has 3 heteroatoms. The van der Waals surface area contributed by atoms with Crippen LogP contribution >= 0.6 is 0 Å². The molecule has 1 aliphatic heterocycles. The van der Waals surface area contributed by atoms with Crippen molar-refractivity contribution in [3.05, 3.63) is 0 Å². The highest BCUT2D eigenvalue weighted by molar-refractivity contribution is 5.78. The average Bonchev–Trinajstić information content (AvgIpc) is 2.34. The van der Waals surface area contributed by atoms with Crippen LogP contribution < -0.4 is 5.73 Å². The van der Waals surface area contributed by atoms with E-state index < -0.39 is 0 Å². The summed E-state index contributed by atoms with van der Waals surface area (Å²) in [5.41, 5.74) is 5.60. The zero-order valence-corrected chi connectivity index (χ0v) is 7.21. The van der Waals surface area contributed by atoms with E-state index in [1.807, 2.05) is 6.92 Å². The Morgan fingerprint density at radius 1 is 1.82 bits per heavy atom. The summed E-state index contributed by atoms with van der Waals surface area (Å²) >= 11 is 0. The van der Waals surface area contributed by atoms with Crippen molar-refractivity contribution in [3.8, 4) is 0 Å². The molecule has 0 radical (unpaired) electrons. The topological polar surface area (TPSA) is 47.6 Å². The Balaban J connectivity index is 2.28. The summed E-state index contributed by atoms with van der Waals surface area (Å²) in [5.74, 6) is 0.840. The lowest BCUT2D eigenvalue weighted by Gasteiger charge is -2.09. The fourth-order valence-electron chi connectivity index (χ4n) is 1.07. The van der Waals surface area contributed by atoms with Gasteiger partial charge < -0.3 is 10.5 Å². The number of nitrogens with two attached hydrogens (primary N) is 1. The summed E-state index contributed by atoms with van der Waals surface area (Å²) in [5, 5.41) is 0. The van der Waals surface area contributed by atoms with Crippen molar-refractivity contribution in [3.63, 3.8) is 0 Å². The van der Waals surface area contributed by atoms with Crippen LogP contribution in [0.15, 0.2) is 4.99 Å². The van der Waals surface area contributed by atoms with Gasteiger partial charge in [0.2, 0.25) is 0 Å². The van der Waals surface area contributed by atoms with Crippen molar-refractivity contribution in [2.45, 2.75) is 38.8 Å². The van der Waals surface area contributed by atoms with Crippen molar-refractivity contribution in [2.24, 2.45) is 10.7 Å². The molecule has 1 rings (SSSR count). The third kappa shape index (κ3) is 2.50. The highest BCUT2D eigenvalue weighted by Gasteiger charge is 2.17. The van der Waals surface area contributed by atoms with Crippen LogP contribution in [-0.2, 0) is 4.74 Å². The van der Waals surface area contributed by atoms with Gasteiger partial charge in [0.25, 0.3) is 0 Å². The Hall–Kier alpha value is -0.570. The van der Waals surface area contributed by atoms with Gasteiger partial charge in [0.15, 0.2) is 5.90 Å². The van der Waals surface area contributed by atoms with E-state index in [4.69, 9.17) is 10.5 Å². The SMILES string of the molecule is CCC1CN=C(CC(C)N)O1. The van der Waals surface area contributed by atoms with Crippen LogP contribution in [0.2, 0.25) is 0 Å². The van der Waals surface area contributed by atoms with Crippen molar-refractivity contribution in [1.82, 2.24) is 0 Å². The van der Waals surface area contributed by atoms with E-state index in [2.05, 4.69) is 11.9 Å². The molecule has 1 heterocycles. The molecule has 0 saturated carbocycles. The maximum Gasteiger partial charge on any atom is 0.185 e. The number of aliphatic imine (C=N–C) groups is 1. The van der Waals surface area contributed by atoms with Gasteiger partial charge >= 0.3 is 0 Å². The summed E-state index contributed by atoms with van der Waals surface area (Å²) in [6.07, 6.45) is 2.12. The average molecular weight is 156 g/mol. The molecule has 2 unspecified atom stereocenters. The number of nitrogens with zero attached hydrogens (tertiary/aromatic N) is 1. The molecule has 3 nitrogen and oxygen atoms in total. The van der Waals surface area contributed by atoms with Crippen LogP contribution in [0.25, 0.3) is 0 Å². The van der Waals surface area contributed by atoms with E-state index in [0.717, 1.165) is 25.3 Å². The van der Waals surface area contributed by atoms with E-state index in [1.165, 1.54) is 0 Å². The van der Waals surface area contributed by atoms with Crippen LogP contribution in [-0.4, -0.2) is 24.6 Å². The van der Waals surface area contributed by atoms with Crippen molar-refractivity contribution >= 4 is 5.90 Å². The zero-order chi connectivity index (χ0) is 8.27. The van der Waals surface area contributed by atoms with E-state index in [0.29, 0.717) is 6.10 Å². The van der Waals surface area contributed by atoms with Crippen LogP contribution in [0.4, 0.5) is 0 Å². The molecule has 0 saturated heterocycles. The van der Waals surface area contributed by atoms with E-state index in [1.54, 1.807) is 0 Å². The first-order valence-electron chi connectivity index (χ1n) is 4.18. The standard InChI is InChI=1S/C8H16N2O/c1-3-7-5-10-8(11-7)4-6(2)9/h6-7H,3-5,9H2,1-2H3. The summed E-state index contributed by atoms with van der Waals surface area (Å²) in [6, 6.07) is 0.157. The molecule has 0 fully saturated rings. The van der Waals surface area contributed by atoms with Crippen LogP contribution in [0.1, 0.15) is 26.7 Å². The Labute approximate surface area is 67.6 Å². The molecule has 11 heavy (non-hydrogen) atoms. The van der Waals surface area contributed by atoms with Crippen molar-refractivity contribution in [2.75, 3.05) is 6.54 Å². The number of hydrogen-bond acceptors (Lipinski definition) is 3. The molecule has 0 aliphatic carbocycles. The minimum atomic E-state index is 0.157. The molecule has 2 N–H and O–H groups in total. The van der Waals surface area contributed by atoms with Crippen LogP contribution in [0.5, 0.6) is 0 Å². The van der Waals surface area contributed by atoms with Gasteiger partial charge in [0.05, 0.1) is 6.54 Å². The Kier molecular flexibility index (Phi) is 2.88. The molecule has 64 valence electrons. The maximum atomic E-state index is 5.60. The van der Waals surface area contributed by atoms with Crippen molar-refractivity contribution in [1.29, 1.82) is 0 Å². The summed E-state index contributed by atoms with van der Waals surface area (Å²) in [7, 11) is 0. The van der Waals surface area contributed by atoms with Gasteiger partial charge in [-0.15, -0.1) is 0 Å². The first kappa shape index (κ1) is 8.53. The van der Waals surface area contributed by atoms with E-state index >= 15 is 0 Å². The second-order valence-electron chi connectivity index (χ2n) is 3.06. The molecule has 0 aromatic carbocycles. The van der Waals surface area contributed by atoms with Gasteiger partial charge in [-0.25, -0.2) is 0 Å². The van der Waals surface area contributed by atoms with Gasteiger partial charge in [-0.2, -0.15) is 0 Å². The van der Waals surface area contributed by atoms with Gasteiger partial charge in [-0.05, 0) is 13.3 Å². The van der Waals surface area contributed by atoms with Gasteiger partial charge in [0.1, 0.15) is 6.10 Å². The molecule has 0 aromatic heterocycles. The van der Waals surface area contributed by atoms with Gasteiger partial charge in [-0.3, -0.25) is 4.99 Å². The highest BCUT2D eigenvalue weighted by atomic mass is 16.5. The van der Waals surface area contributed by atoms with Gasteiger partial charge in [0, 0.05) is 12.5 Å². The largest absolute Gasteiger partial charge is 0.476 e. The molecular weight excluding hydrogens is 140 g/mol. The third-order valence-electron chi connectivity index (χ3n) is 1.73. The van der Waals surface area contributed by atoms with Crippen LogP contribution in [0.3, 0.4) is 0 Å². The van der Waals surface area contributed by atoms with Gasteiger partial charge in [-0.1, -0.05) is 6.92 Å². The lowest BCUT2D eigenvalue weighted by molar-refractivity contribution is 0.213. The molecule has 0 aromatic rings. The summed E-state index contributed by atoms with van der Waals surface area (Å²) in [4.78, 5) is 4.24. The first-order chi connectivity index (χ1) is 5.22. The number of hydrogen-bond donors (Lipinski definition) is 1. The van der Waals surface area contributed by atoms with Crippen LogP contribution in [0, 0.1) is 0 Å². The smallest absolute Gasteiger partial charge is 0.185 e. The zero-order valence-electron chi connectivity index (χ0n) is 7.21. The first-order valence-corrected chi connectivity index (χ1v) is 4.18. The molecule has 0 amide bonds. The summed E-state index contributed by atoms with van der Waals surface area (Å²) < 4.78 is 5.49. The predicted molar refractivity (Wildman–Crippen MR) is 45.7 cm³/mol. The minimum absolute atomic E-state index is 0.157. The monoisotopic (exact) mass is 156 g/mol. The molecule has 0 bridgehead atoms. The van der Waals surface area contributed by atoms with E-state index in [-0.39, 0.29) is 6.04 Å². The molecule has 2 atom stereocenters. The lowest BCUT2D eigenvalue weighted by atomic mass is 10.2. The van der Waals surface area contributed by atoms with E-state index in [9.17, 15) is 0 Å².